The van der Waals surface area contributed by atoms with E-state index in [1.54, 1.807) is 23.9 Å². The lowest BCUT2D eigenvalue weighted by Gasteiger charge is -2.03. The van der Waals surface area contributed by atoms with Gasteiger partial charge in [-0.2, -0.15) is 0 Å². The van der Waals surface area contributed by atoms with Gasteiger partial charge in [-0.15, -0.1) is 11.8 Å². The SMILES string of the molecule is CSc1ccc(C(=O)C=Cc2cc(O)cc(O)c2O)cc1. The van der Waals surface area contributed by atoms with Gasteiger partial charge in [-0.3, -0.25) is 4.79 Å². The quantitative estimate of drug-likeness (QED) is 0.265. The standard InChI is InChI=1S/C16H14O4S/c1-21-13-5-2-10(3-6-13)14(18)7-4-11-8-12(17)9-15(19)16(11)20/h2-9,17,19-20H,1H3. The Hall–Kier alpha value is -2.40. The zero-order chi connectivity index (χ0) is 15.4. The van der Waals surface area contributed by atoms with E-state index in [9.17, 15) is 20.1 Å². The van der Waals surface area contributed by atoms with Crippen LogP contribution in [0.4, 0.5) is 0 Å². The van der Waals surface area contributed by atoms with Gasteiger partial charge in [-0.05, 0) is 48.7 Å². The first kappa shape index (κ1) is 15.0. The van der Waals surface area contributed by atoms with Gasteiger partial charge in [0.1, 0.15) is 5.75 Å². The van der Waals surface area contributed by atoms with Gasteiger partial charge in [-0.1, -0.05) is 0 Å². The monoisotopic (exact) mass is 302 g/mol. The molecule has 4 nitrogen and oxygen atoms in total. The third kappa shape index (κ3) is 3.58. The van der Waals surface area contributed by atoms with E-state index in [1.165, 1.54) is 18.2 Å². The first-order valence-corrected chi connectivity index (χ1v) is 7.35. The van der Waals surface area contributed by atoms with Crippen LogP contribution in [-0.2, 0) is 0 Å². The number of benzene rings is 2. The molecule has 0 aromatic heterocycles. The maximum absolute atomic E-state index is 12.0. The molecule has 2 aromatic rings. The first-order valence-electron chi connectivity index (χ1n) is 6.12. The lowest BCUT2D eigenvalue weighted by Crippen LogP contribution is -1.93. The van der Waals surface area contributed by atoms with E-state index in [2.05, 4.69) is 0 Å². The Kier molecular flexibility index (Phi) is 4.55. The Balaban J connectivity index is 2.22. The molecule has 0 bridgehead atoms. The van der Waals surface area contributed by atoms with Gasteiger partial charge in [0, 0.05) is 22.1 Å². The van der Waals surface area contributed by atoms with Crippen LogP contribution < -0.4 is 0 Å². The molecule has 108 valence electrons. The summed E-state index contributed by atoms with van der Waals surface area (Å²) in [5.74, 6) is -1.24. The number of hydrogen-bond acceptors (Lipinski definition) is 5. The Morgan fingerprint density at radius 3 is 2.38 bits per heavy atom. The average molecular weight is 302 g/mol. The number of hydrogen-bond donors (Lipinski definition) is 3. The molecule has 0 saturated carbocycles. The van der Waals surface area contributed by atoms with Crippen molar-refractivity contribution in [3.8, 4) is 17.2 Å². The van der Waals surface area contributed by atoms with Crippen molar-refractivity contribution in [3.05, 3.63) is 53.6 Å². The molecule has 0 radical (unpaired) electrons. The first-order chi connectivity index (χ1) is 10.0. The van der Waals surface area contributed by atoms with Crippen molar-refractivity contribution < 1.29 is 20.1 Å². The molecule has 0 aliphatic heterocycles. The number of allylic oxidation sites excluding steroid dienone is 1. The molecule has 3 N–H and O–H groups in total. The Bertz CT molecular complexity index is 690. The fourth-order valence-corrected chi connectivity index (χ4v) is 2.18. The van der Waals surface area contributed by atoms with E-state index >= 15 is 0 Å². The highest BCUT2D eigenvalue weighted by atomic mass is 32.2. The summed E-state index contributed by atoms with van der Waals surface area (Å²) in [6.45, 7) is 0. The van der Waals surface area contributed by atoms with Gasteiger partial charge in [0.15, 0.2) is 17.3 Å². The van der Waals surface area contributed by atoms with Crippen LogP contribution >= 0.6 is 11.8 Å². The summed E-state index contributed by atoms with van der Waals surface area (Å²) < 4.78 is 0. The van der Waals surface area contributed by atoms with Gasteiger partial charge >= 0.3 is 0 Å². The summed E-state index contributed by atoms with van der Waals surface area (Å²) in [5, 5.41) is 28.4. The molecule has 0 fully saturated rings. The predicted octanol–water partition coefficient (Wildman–Crippen LogP) is 3.42. The minimum Gasteiger partial charge on any atom is -0.508 e. The van der Waals surface area contributed by atoms with Crippen molar-refractivity contribution in [3.63, 3.8) is 0 Å². The van der Waals surface area contributed by atoms with Crippen LogP contribution in [0, 0.1) is 0 Å². The third-order valence-electron chi connectivity index (χ3n) is 2.89. The molecule has 2 aromatic carbocycles. The smallest absolute Gasteiger partial charge is 0.185 e. The van der Waals surface area contributed by atoms with Crippen LogP contribution in [-0.4, -0.2) is 27.4 Å². The highest BCUT2D eigenvalue weighted by Gasteiger charge is 2.07. The van der Waals surface area contributed by atoms with Crippen molar-refractivity contribution in [2.24, 2.45) is 0 Å². The van der Waals surface area contributed by atoms with Gasteiger partial charge in [0.25, 0.3) is 0 Å². The minimum absolute atomic E-state index is 0.168. The van der Waals surface area contributed by atoms with Crippen molar-refractivity contribution >= 4 is 23.6 Å². The summed E-state index contributed by atoms with van der Waals surface area (Å²) in [7, 11) is 0. The predicted molar refractivity (Wildman–Crippen MR) is 83.0 cm³/mol. The second kappa shape index (κ2) is 6.37. The molecule has 21 heavy (non-hydrogen) atoms. The summed E-state index contributed by atoms with van der Waals surface area (Å²) in [5.41, 5.74) is 0.689. The van der Waals surface area contributed by atoms with Crippen LogP contribution in [0.3, 0.4) is 0 Å². The minimum atomic E-state index is -0.438. The van der Waals surface area contributed by atoms with Crippen LogP contribution in [0.15, 0.2) is 47.4 Å². The normalized spacial score (nSPS) is 10.9. The van der Waals surface area contributed by atoms with E-state index in [4.69, 9.17) is 0 Å². The zero-order valence-corrected chi connectivity index (χ0v) is 12.1. The van der Waals surface area contributed by atoms with Crippen molar-refractivity contribution in [1.29, 1.82) is 0 Å². The summed E-state index contributed by atoms with van der Waals surface area (Å²) in [4.78, 5) is 13.1. The number of ketones is 1. The number of rotatable bonds is 4. The average Bonchev–Trinajstić information content (AvgIpc) is 2.49. The van der Waals surface area contributed by atoms with Gasteiger partial charge in [-0.25, -0.2) is 0 Å². The second-order valence-corrected chi connectivity index (χ2v) is 5.21. The topological polar surface area (TPSA) is 77.8 Å². The Labute approximate surface area is 126 Å². The third-order valence-corrected chi connectivity index (χ3v) is 3.64. The van der Waals surface area contributed by atoms with Crippen LogP contribution in [0.25, 0.3) is 6.08 Å². The van der Waals surface area contributed by atoms with E-state index in [0.717, 1.165) is 11.0 Å². The van der Waals surface area contributed by atoms with Crippen molar-refractivity contribution in [1.82, 2.24) is 0 Å². The fraction of sp³-hybridized carbons (Fsp3) is 0.0625. The lowest BCUT2D eigenvalue weighted by atomic mass is 10.1. The highest BCUT2D eigenvalue weighted by Crippen LogP contribution is 2.33. The Morgan fingerprint density at radius 2 is 1.76 bits per heavy atom. The zero-order valence-electron chi connectivity index (χ0n) is 11.3. The molecular weight excluding hydrogens is 288 g/mol. The van der Waals surface area contributed by atoms with E-state index < -0.39 is 5.75 Å². The molecule has 0 heterocycles. The summed E-state index contributed by atoms with van der Waals surface area (Å²) >= 11 is 1.59. The van der Waals surface area contributed by atoms with Crippen LogP contribution in [0.5, 0.6) is 17.2 Å². The molecular formula is C16H14O4S. The number of aromatic hydroxyl groups is 3. The molecule has 0 aliphatic rings. The van der Waals surface area contributed by atoms with Crippen molar-refractivity contribution in [2.45, 2.75) is 4.90 Å². The fourth-order valence-electron chi connectivity index (χ4n) is 1.77. The summed E-state index contributed by atoms with van der Waals surface area (Å²) in [6.07, 6.45) is 4.58. The van der Waals surface area contributed by atoms with E-state index in [0.29, 0.717) is 5.56 Å². The van der Waals surface area contributed by atoms with Crippen LogP contribution in [0.2, 0.25) is 0 Å². The van der Waals surface area contributed by atoms with Gasteiger partial charge in [0.2, 0.25) is 0 Å². The largest absolute Gasteiger partial charge is 0.508 e. The lowest BCUT2D eigenvalue weighted by molar-refractivity contribution is 0.104. The molecule has 0 spiro atoms. The summed E-state index contributed by atoms with van der Waals surface area (Å²) in [6, 6.07) is 9.43. The van der Waals surface area contributed by atoms with E-state index in [1.807, 2.05) is 18.4 Å². The Morgan fingerprint density at radius 1 is 1.10 bits per heavy atom. The molecule has 0 saturated heterocycles. The van der Waals surface area contributed by atoms with Crippen LogP contribution in [0.1, 0.15) is 15.9 Å². The molecule has 0 atom stereocenters. The number of thioether (sulfide) groups is 1. The number of phenolic OH excluding ortho intramolecular Hbond substituents is 3. The molecule has 2 rings (SSSR count). The van der Waals surface area contributed by atoms with Gasteiger partial charge < -0.3 is 15.3 Å². The van der Waals surface area contributed by atoms with Crippen molar-refractivity contribution in [2.75, 3.05) is 6.26 Å². The highest BCUT2D eigenvalue weighted by molar-refractivity contribution is 7.98. The second-order valence-electron chi connectivity index (χ2n) is 4.33. The number of carbonyl (C=O) groups is 1. The van der Waals surface area contributed by atoms with E-state index in [-0.39, 0.29) is 22.8 Å². The number of carbonyl (C=O) groups excluding carboxylic acids is 1. The molecule has 0 unspecified atom stereocenters. The van der Waals surface area contributed by atoms with Gasteiger partial charge in [0.05, 0.1) is 0 Å². The maximum Gasteiger partial charge on any atom is 0.185 e. The molecule has 0 amide bonds. The maximum atomic E-state index is 12.0. The number of phenols is 3. The molecule has 0 aliphatic carbocycles. The molecule has 5 heteroatoms.